The predicted molar refractivity (Wildman–Crippen MR) is 117 cm³/mol. The van der Waals surface area contributed by atoms with Gasteiger partial charge in [-0.1, -0.05) is 18.2 Å². The molecular weight excluding hydrogens is 384 g/mol. The van der Waals surface area contributed by atoms with Crippen molar-refractivity contribution >= 4 is 35.0 Å². The molecule has 6 heteroatoms. The zero-order chi connectivity index (χ0) is 20.4. The first-order valence-electron chi connectivity index (χ1n) is 9.14. The van der Waals surface area contributed by atoms with Gasteiger partial charge in [0.1, 0.15) is 5.75 Å². The molecule has 0 fully saturated rings. The molecule has 0 saturated heterocycles. The molecule has 2 N–H and O–H groups in total. The highest BCUT2D eigenvalue weighted by Crippen LogP contribution is 2.34. The van der Waals surface area contributed by atoms with Crippen molar-refractivity contribution < 1.29 is 14.3 Å². The van der Waals surface area contributed by atoms with E-state index in [0.29, 0.717) is 16.9 Å². The van der Waals surface area contributed by atoms with E-state index in [1.807, 2.05) is 36.6 Å². The molecule has 146 valence electrons. The van der Waals surface area contributed by atoms with Crippen LogP contribution in [0.15, 0.2) is 65.6 Å². The summed E-state index contributed by atoms with van der Waals surface area (Å²) in [5.74, 6) is 0.392. The minimum atomic E-state index is -0.243. The van der Waals surface area contributed by atoms with Crippen molar-refractivity contribution in [3.63, 3.8) is 0 Å². The van der Waals surface area contributed by atoms with Gasteiger partial charge in [0, 0.05) is 27.4 Å². The van der Waals surface area contributed by atoms with Crippen molar-refractivity contribution in [1.82, 2.24) is 0 Å². The maximum absolute atomic E-state index is 12.9. The van der Waals surface area contributed by atoms with Crippen LogP contribution in [-0.4, -0.2) is 25.2 Å². The Morgan fingerprint density at radius 1 is 1.10 bits per heavy atom. The molecule has 0 bridgehead atoms. The number of benzene rings is 3. The number of hydrogen-bond acceptors (Lipinski definition) is 4. The lowest BCUT2D eigenvalue weighted by molar-refractivity contribution is -0.115. The van der Waals surface area contributed by atoms with Crippen LogP contribution in [0.5, 0.6) is 5.75 Å². The monoisotopic (exact) mass is 404 g/mol. The fourth-order valence-corrected chi connectivity index (χ4v) is 3.85. The van der Waals surface area contributed by atoms with E-state index in [9.17, 15) is 9.59 Å². The molecule has 0 saturated carbocycles. The number of fused-ring (bicyclic) bond motifs is 1. The second kappa shape index (κ2) is 8.01. The number of hydrogen-bond donors (Lipinski definition) is 2. The second-order valence-electron chi connectivity index (χ2n) is 6.65. The summed E-state index contributed by atoms with van der Waals surface area (Å²) < 4.78 is 5.51. The van der Waals surface area contributed by atoms with Gasteiger partial charge in [0.15, 0.2) is 0 Å². The van der Waals surface area contributed by atoms with E-state index in [1.54, 1.807) is 37.1 Å². The largest absolute Gasteiger partial charge is 0.496 e. The highest BCUT2D eigenvalue weighted by molar-refractivity contribution is 7.98. The Kier molecular flexibility index (Phi) is 5.27. The SMILES string of the molecule is COc1ccc(NC(=O)c2cccc3c2CC(=O)N3)cc1-c1ccc(SC)cc1. The Bertz CT molecular complexity index is 1090. The molecule has 29 heavy (non-hydrogen) atoms. The van der Waals surface area contributed by atoms with Gasteiger partial charge in [0.05, 0.1) is 13.5 Å². The summed E-state index contributed by atoms with van der Waals surface area (Å²) in [4.78, 5) is 25.8. The lowest BCUT2D eigenvalue weighted by Gasteiger charge is -2.13. The van der Waals surface area contributed by atoms with E-state index < -0.39 is 0 Å². The Morgan fingerprint density at radius 2 is 1.90 bits per heavy atom. The summed E-state index contributed by atoms with van der Waals surface area (Å²) in [6.45, 7) is 0. The summed E-state index contributed by atoms with van der Waals surface area (Å²) in [5, 5.41) is 5.72. The Hall–Kier alpha value is -3.25. The first-order valence-corrected chi connectivity index (χ1v) is 10.4. The van der Waals surface area contributed by atoms with Gasteiger partial charge in [-0.15, -0.1) is 11.8 Å². The molecule has 1 aliphatic rings. The van der Waals surface area contributed by atoms with Gasteiger partial charge in [-0.25, -0.2) is 0 Å². The summed E-state index contributed by atoms with van der Waals surface area (Å²) in [6.07, 6.45) is 2.25. The molecule has 0 radical (unpaired) electrons. The van der Waals surface area contributed by atoms with Gasteiger partial charge in [0.25, 0.3) is 5.91 Å². The summed E-state index contributed by atoms with van der Waals surface area (Å²) >= 11 is 1.68. The van der Waals surface area contributed by atoms with E-state index >= 15 is 0 Å². The average molecular weight is 404 g/mol. The highest BCUT2D eigenvalue weighted by atomic mass is 32.2. The number of methoxy groups -OCH3 is 1. The molecule has 0 aromatic heterocycles. The zero-order valence-corrected chi connectivity index (χ0v) is 16.9. The van der Waals surface area contributed by atoms with E-state index in [4.69, 9.17) is 4.74 Å². The minimum Gasteiger partial charge on any atom is -0.496 e. The van der Waals surface area contributed by atoms with E-state index in [1.165, 1.54) is 4.90 Å². The molecule has 0 spiro atoms. The topological polar surface area (TPSA) is 67.4 Å². The highest BCUT2D eigenvalue weighted by Gasteiger charge is 2.23. The van der Waals surface area contributed by atoms with Crippen LogP contribution in [0.3, 0.4) is 0 Å². The van der Waals surface area contributed by atoms with Crippen LogP contribution in [0.1, 0.15) is 15.9 Å². The second-order valence-corrected chi connectivity index (χ2v) is 7.53. The lowest BCUT2D eigenvalue weighted by Crippen LogP contribution is -2.14. The molecule has 4 rings (SSSR count). The number of carbonyl (C=O) groups is 2. The van der Waals surface area contributed by atoms with Gasteiger partial charge in [-0.3, -0.25) is 9.59 Å². The van der Waals surface area contributed by atoms with Gasteiger partial charge in [0.2, 0.25) is 5.91 Å². The Labute approximate surface area is 173 Å². The van der Waals surface area contributed by atoms with Crippen LogP contribution >= 0.6 is 11.8 Å². The molecule has 0 aliphatic carbocycles. The van der Waals surface area contributed by atoms with E-state index in [-0.39, 0.29) is 18.2 Å². The molecule has 0 atom stereocenters. The van der Waals surface area contributed by atoms with Gasteiger partial charge in [-0.05, 0) is 59.8 Å². The molecule has 3 aromatic carbocycles. The zero-order valence-electron chi connectivity index (χ0n) is 16.1. The molecule has 2 amide bonds. The number of nitrogens with one attached hydrogen (secondary N) is 2. The van der Waals surface area contributed by atoms with Gasteiger partial charge in [-0.2, -0.15) is 0 Å². The van der Waals surface area contributed by atoms with Crippen molar-refractivity contribution in [1.29, 1.82) is 0 Å². The third-order valence-electron chi connectivity index (χ3n) is 4.89. The van der Waals surface area contributed by atoms with Crippen molar-refractivity contribution in [2.75, 3.05) is 24.0 Å². The molecule has 0 unspecified atom stereocenters. The number of amides is 2. The molecule has 3 aromatic rings. The predicted octanol–water partition coefficient (Wildman–Crippen LogP) is 4.83. The fraction of sp³-hybridized carbons (Fsp3) is 0.130. The van der Waals surface area contributed by atoms with Crippen molar-refractivity contribution in [3.05, 3.63) is 71.8 Å². The summed E-state index contributed by atoms with van der Waals surface area (Å²) in [5.41, 5.74) is 4.50. The third kappa shape index (κ3) is 3.84. The molecule has 1 aliphatic heterocycles. The van der Waals surface area contributed by atoms with Crippen LogP contribution in [0.2, 0.25) is 0 Å². The van der Waals surface area contributed by atoms with Crippen LogP contribution in [0.4, 0.5) is 11.4 Å². The smallest absolute Gasteiger partial charge is 0.256 e. The van der Waals surface area contributed by atoms with Crippen molar-refractivity contribution in [2.45, 2.75) is 11.3 Å². The lowest BCUT2D eigenvalue weighted by atomic mass is 10.0. The van der Waals surface area contributed by atoms with Crippen LogP contribution in [-0.2, 0) is 11.2 Å². The van der Waals surface area contributed by atoms with Crippen molar-refractivity contribution in [3.8, 4) is 16.9 Å². The number of ether oxygens (including phenoxy) is 1. The van der Waals surface area contributed by atoms with Gasteiger partial charge >= 0.3 is 0 Å². The van der Waals surface area contributed by atoms with Crippen LogP contribution in [0.25, 0.3) is 11.1 Å². The quantitative estimate of drug-likeness (QED) is 0.598. The molecule has 5 nitrogen and oxygen atoms in total. The Balaban J connectivity index is 1.64. The maximum atomic E-state index is 12.9. The van der Waals surface area contributed by atoms with Crippen LogP contribution < -0.4 is 15.4 Å². The normalized spacial score (nSPS) is 12.3. The molecular formula is C23H20N2O3S. The number of rotatable bonds is 5. The molecule has 1 heterocycles. The standard InChI is InChI=1S/C23H20N2O3S/c1-28-21-11-8-15(12-18(21)14-6-9-16(29-2)10-7-14)24-23(27)17-4-3-5-20-19(17)13-22(26)25-20/h3-12H,13H2,1-2H3,(H,24,27)(H,25,26). The Morgan fingerprint density at radius 3 is 2.62 bits per heavy atom. The first-order chi connectivity index (χ1) is 14.1. The van der Waals surface area contributed by atoms with E-state index in [0.717, 1.165) is 22.4 Å². The third-order valence-corrected chi connectivity index (χ3v) is 5.63. The summed E-state index contributed by atoms with van der Waals surface area (Å²) in [7, 11) is 1.63. The minimum absolute atomic E-state index is 0.0966. The number of anilines is 2. The van der Waals surface area contributed by atoms with Crippen LogP contribution in [0, 0.1) is 0 Å². The summed E-state index contributed by atoms with van der Waals surface area (Å²) in [6, 6.07) is 19.1. The first kappa shape index (κ1) is 19.1. The fourth-order valence-electron chi connectivity index (χ4n) is 3.44. The van der Waals surface area contributed by atoms with E-state index in [2.05, 4.69) is 22.8 Å². The van der Waals surface area contributed by atoms with Crippen molar-refractivity contribution in [2.24, 2.45) is 0 Å². The number of carbonyl (C=O) groups excluding carboxylic acids is 2. The van der Waals surface area contributed by atoms with Gasteiger partial charge < -0.3 is 15.4 Å². The number of thioether (sulfide) groups is 1. The average Bonchev–Trinajstić information content (AvgIpc) is 3.13. The maximum Gasteiger partial charge on any atom is 0.256 e.